The van der Waals surface area contributed by atoms with Gasteiger partial charge in [0.1, 0.15) is 5.75 Å². The smallest absolute Gasteiger partial charge is 0.258 e. The van der Waals surface area contributed by atoms with E-state index in [-0.39, 0.29) is 0 Å². The number of amides is 1. The first kappa shape index (κ1) is 9.38. The van der Waals surface area contributed by atoms with Gasteiger partial charge in [0, 0.05) is 6.26 Å². The summed E-state index contributed by atoms with van der Waals surface area (Å²) in [6, 6.07) is 0. The van der Waals surface area contributed by atoms with E-state index < -0.39 is 21.5 Å². The lowest BCUT2D eigenvalue weighted by Crippen LogP contribution is -2.28. The topological polar surface area (TPSA) is 72.5 Å². The molecule has 0 aromatic carbocycles. The summed E-state index contributed by atoms with van der Waals surface area (Å²) in [5.74, 6) is -1.20. The molecule has 0 unspecified atom stereocenters. The fourth-order valence-corrected chi connectivity index (χ4v) is 0.917. The maximum atomic E-state index is 10.4. The molecule has 6 heteroatoms. The van der Waals surface area contributed by atoms with Gasteiger partial charge < -0.3 is 0 Å². The normalized spacial score (nSPS) is 11.0. The van der Waals surface area contributed by atoms with Crippen LogP contribution in [0.1, 0.15) is 0 Å². The molecule has 0 aliphatic rings. The molecule has 60 valence electrons. The van der Waals surface area contributed by atoms with Gasteiger partial charge in [0.05, 0.1) is 7.11 Å². The highest BCUT2D eigenvalue weighted by Gasteiger charge is 2.09. The van der Waals surface area contributed by atoms with Crippen LogP contribution in [-0.2, 0) is 19.5 Å². The zero-order valence-corrected chi connectivity index (χ0v) is 6.56. The van der Waals surface area contributed by atoms with Crippen LogP contribution in [0.25, 0.3) is 0 Å². The standard InChI is InChI=1S/C4H9NO4S/c1-9-5-4(6)3-10(2,7)8/h3H2,1-2H3,(H,5,6). The van der Waals surface area contributed by atoms with E-state index in [1.807, 2.05) is 5.48 Å². The summed E-state index contributed by atoms with van der Waals surface area (Å²) in [5, 5.41) is 0. The van der Waals surface area contributed by atoms with Crippen LogP contribution in [-0.4, -0.2) is 33.4 Å². The third kappa shape index (κ3) is 5.52. The number of rotatable bonds is 3. The Balaban J connectivity index is 3.82. The van der Waals surface area contributed by atoms with Gasteiger partial charge in [-0.3, -0.25) is 9.63 Å². The molecule has 1 N–H and O–H groups in total. The van der Waals surface area contributed by atoms with Gasteiger partial charge in [0.2, 0.25) is 0 Å². The summed E-state index contributed by atoms with van der Waals surface area (Å²) >= 11 is 0. The van der Waals surface area contributed by atoms with Crippen LogP contribution in [0, 0.1) is 0 Å². The van der Waals surface area contributed by atoms with Crippen LogP contribution in [0.5, 0.6) is 0 Å². The Morgan fingerprint density at radius 1 is 1.60 bits per heavy atom. The summed E-state index contributed by atoms with van der Waals surface area (Å²) in [6.07, 6.45) is 0.974. The molecule has 0 atom stereocenters. The highest BCUT2D eigenvalue weighted by molar-refractivity contribution is 7.91. The van der Waals surface area contributed by atoms with Crippen molar-refractivity contribution in [3.63, 3.8) is 0 Å². The Kier molecular flexibility index (Phi) is 3.31. The zero-order valence-electron chi connectivity index (χ0n) is 5.75. The average molecular weight is 167 g/mol. The minimum Gasteiger partial charge on any atom is -0.277 e. The summed E-state index contributed by atoms with van der Waals surface area (Å²) in [6.45, 7) is 0. The molecule has 0 aliphatic carbocycles. The van der Waals surface area contributed by atoms with Crippen molar-refractivity contribution in [1.82, 2.24) is 5.48 Å². The van der Waals surface area contributed by atoms with E-state index in [9.17, 15) is 13.2 Å². The number of hydrogen-bond donors (Lipinski definition) is 1. The van der Waals surface area contributed by atoms with Crippen molar-refractivity contribution in [2.75, 3.05) is 19.1 Å². The lowest BCUT2D eigenvalue weighted by Gasteiger charge is -1.98. The highest BCUT2D eigenvalue weighted by atomic mass is 32.2. The molecule has 0 radical (unpaired) electrons. The van der Waals surface area contributed by atoms with Gasteiger partial charge in [-0.1, -0.05) is 0 Å². The Morgan fingerprint density at radius 2 is 2.10 bits per heavy atom. The Labute approximate surface area is 59.2 Å². The lowest BCUT2D eigenvalue weighted by atomic mass is 10.8. The number of hydroxylamine groups is 1. The van der Waals surface area contributed by atoms with Gasteiger partial charge >= 0.3 is 0 Å². The van der Waals surface area contributed by atoms with E-state index in [0.29, 0.717) is 0 Å². The van der Waals surface area contributed by atoms with Gasteiger partial charge in [0.15, 0.2) is 9.84 Å². The minimum absolute atomic E-state index is 0.541. The number of hydrogen-bond acceptors (Lipinski definition) is 4. The van der Waals surface area contributed by atoms with Gasteiger partial charge in [0.25, 0.3) is 5.91 Å². The molecule has 10 heavy (non-hydrogen) atoms. The molecule has 0 fully saturated rings. The van der Waals surface area contributed by atoms with E-state index in [4.69, 9.17) is 0 Å². The molecule has 0 aromatic rings. The maximum Gasteiger partial charge on any atom is 0.258 e. The van der Waals surface area contributed by atoms with Crippen molar-refractivity contribution in [3.05, 3.63) is 0 Å². The predicted octanol–water partition coefficient (Wildman–Crippen LogP) is -1.29. The van der Waals surface area contributed by atoms with Crippen molar-refractivity contribution in [2.24, 2.45) is 0 Å². The molecule has 0 saturated heterocycles. The van der Waals surface area contributed by atoms with E-state index in [1.54, 1.807) is 0 Å². The van der Waals surface area contributed by atoms with Crippen molar-refractivity contribution < 1.29 is 18.0 Å². The molecule has 0 aliphatic heterocycles. The molecular weight excluding hydrogens is 158 g/mol. The molecule has 0 bridgehead atoms. The van der Waals surface area contributed by atoms with Crippen LogP contribution in [0.2, 0.25) is 0 Å². The van der Waals surface area contributed by atoms with E-state index in [0.717, 1.165) is 6.26 Å². The van der Waals surface area contributed by atoms with Crippen molar-refractivity contribution in [2.45, 2.75) is 0 Å². The van der Waals surface area contributed by atoms with Crippen molar-refractivity contribution in [1.29, 1.82) is 0 Å². The highest BCUT2D eigenvalue weighted by Crippen LogP contribution is 1.80. The summed E-state index contributed by atoms with van der Waals surface area (Å²) in [7, 11) is -2.00. The summed E-state index contributed by atoms with van der Waals surface area (Å²) < 4.78 is 20.8. The first-order valence-electron chi connectivity index (χ1n) is 2.45. The van der Waals surface area contributed by atoms with Gasteiger partial charge in [-0.25, -0.2) is 13.9 Å². The Hall–Kier alpha value is -0.620. The first-order chi connectivity index (χ1) is 4.45. The lowest BCUT2D eigenvalue weighted by molar-refractivity contribution is -0.128. The predicted molar refractivity (Wildman–Crippen MR) is 34.9 cm³/mol. The van der Waals surface area contributed by atoms with E-state index in [1.165, 1.54) is 7.11 Å². The third-order valence-corrected chi connectivity index (χ3v) is 1.40. The molecular formula is C4H9NO4S. The number of carbonyl (C=O) groups is 1. The number of carbonyl (C=O) groups excluding carboxylic acids is 1. The largest absolute Gasteiger partial charge is 0.277 e. The monoisotopic (exact) mass is 167 g/mol. The van der Waals surface area contributed by atoms with E-state index >= 15 is 0 Å². The van der Waals surface area contributed by atoms with Gasteiger partial charge in [-0.05, 0) is 0 Å². The molecule has 0 rings (SSSR count). The molecule has 0 spiro atoms. The average Bonchev–Trinajstić information content (AvgIpc) is 1.59. The van der Waals surface area contributed by atoms with Crippen LogP contribution in [0.4, 0.5) is 0 Å². The van der Waals surface area contributed by atoms with Crippen LogP contribution in [0.3, 0.4) is 0 Å². The van der Waals surface area contributed by atoms with Gasteiger partial charge in [-0.15, -0.1) is 0 Å². The maximum absolute atomic E-state index is 10.4. The Bertz CT molecular complexity index is 207. The zero-order chi connectivity index (χ0) is 8.20. The SMILES string of the molecule is CONC(=O)CS(C)(=O)=O. The van der Waals surface area contributed by atoms with Crippen molar-refractivity contribution in [3.8, 4) is 0 Å². The molecule has 0 aromatic heterocycles. The first-order valence-corrected chi connectivity index (χ1v) is 4.51. The third-order valence-electron chi connectivity index (χ3n) is 0.609. The van der Waals surface area contributed by atoms with Crippen LogP contribution >= 0.6 is 0 Å². The fourth-order valence-electron chi connectivity index (χ4n) is 0.381. The molecule has 0 saturated carbocycles. The molecule has 1 amide bonds. The fraction of sp³-hybridized carbons (Fsp3) is 0.750. The second-order valence-electron chi connectivity index (χ2n) is 1.80. The van der Waals surface area contributed by atoms with E-state index in [2.05, 4.69) is 4.84 Å². The minimum atomic E-state index is -3.24. The second kappa shape index (κ2) is 3.52. The summed E-state index contributed by atoms with van der Waals surface area (Å²) in [4.78, 5) is 14.6. The molecule has 5 nitrogen and oxygen atoms in total. The quantitative estimate of drug-likeness (QED) is 0.531. The van der Waals surface area contributed by atoms with Crippen molar-refractivity contribution >= 4 is 15.7 Å². The van der Waals surface area contributed by atoms with Crippen LogP contribution < -0.4 is 5.48 Å². The number of sulfone groups is 1. The van der Waals surface area contributed by atoms with Crippen LogP contribution in [0.15, 0.2) is 0 Å². The number of nitrogens with one attached hydrogen (secondary N) is 1. The molecule has 0 heterocycles. The van der Waals surface area contributed by atoms with Gasteiger partial charge in [-0.2, -0.15) is 0 Å². The summed E-state index contributed by atoms with van der Waals surface area (Å²) in [5.41, 5.74) is 1.88. The second-order valence-corrected chi connectivity index (χ2v) is 3.94. The Morgan fingerprint density at radius 3 is 2.40 bits per heavy atom.